The molecule has 0 radical (unpaired) electrons. The number of carbonyl (C=O) groups is 1. The lowest BCUT2D eigenvalue weighted by Crippen LogP contribution is -2.20. The van der Waals surface area contributed by atoms with Crippen LogP contribution in [0.4, 0.5) is 5.69 Å². The van der Waals surface area contributed by atoms with Crippen LogP contribution >= 0.6 is 15.9 Å². The van der Waals surface area contributed by atoms with Gasteiger partial charge in [-0.05, 0) is 34.7 Å². The van der Waals surface area contributed by atoms with Gasteiger partial charge in [0, 0.05) is 16.9 Å². The summed E-state index contributed by atoms with van der Waals surface area (Å²) in [5.41, 5.74) is 1.42. The molecule has 0 aliphatic carbocycles. The van der Waals surface area contributed by atoms with Gasteiger partial charge in [-0.1, -0.05) is 15.9 Å². The topological polar surface area (TPSA) is 90.5 Å². The maximum absolute atomic E-state index is 12.0. The van der Waals surface area contributed by atoms with Crippen molar-refractivity contribution in [1.82, 2.24) is 30.0 Å². The van der Waals surface area contributed by atoms with Crippen LogP contribution in [0.3, 0.4) is 0 Å². The van der Waals surface area contributed by atoms with Gasteiger partial charge in [0.2, 0.25) is 5.91 Å². The minimum absolute atomic E-state index is 0.0397. The van der Waals surface area contributed by atoms with E-state index in [4.69, 9.17) is 0 Å². The Bertz CT molecular complexity index is 739. The fraction of sp³-hybridized carbons (Fsp3) is 0.0833. The van der Waals surface area contributed by atoms with Crippen molar-refractivity contribution in [2.75, 3.05) is 5.32 Å². The number of rotatable bonds is 4. The molecular weight excluding hydrogens is 338 g/mol. The largest absolute Gasteiger partial charge is 0.323 e. The van der Waals surface area contributed by atoms with Gasteiger partial charge in [0.05, 0.1) is 11.4 Å². The first-order valence-corrected chi connectivity index (χ1v) is 6.82. The van der Waals surface area contributed by atoms with Crippen molar-refractivity contribution >= 4 is 27.5 Å². The normalized spacial score (nSPS) is 10.5. The maximum Gasteiger partial charge on any atom is 0.246 e. The molecule has 8 nitrogen and oxygen atoms in total. The summed E-state index contributed by atoms with van der Waals surface area (Å²) in [7, 11) is 0. The number of hydrogen-bond donors (Lipinski definition) is 1. The number of hydrogen-bond acceptors (Lipinski definition) is 5. The molecule has 2 heterocycles. The SMILES string of the molecule is O=C(Cn1cnnn1)Nc1cc(Br)ccc1-n1cccn1. The molecule has 0 fully saturated rings. The molecule has 0 aliphatic rings. The molecule has 1 aromatic carbocycles. The summed E-state index contributed by atoms with van der Waals surface area (Å²) in [6, 6.07) is 7.38. The molecule has 106 valence electrons. The second-order valence-corrected chi connectivity index (χ2v) is 5.08. The Morgan fingerprint density at radius 3 is 3.00 bits per heavy atom. The zero-order chi connectivity index (χ0) is 14.7. The first kappa shape index (κ1) is 13.4. The predicted octanol–water partition coefficient (Wildman–Crippen LogP) is 1.26. The molecule has 0 atom stereocenters. The van der Waals surface area contributed by atoms with Gasteiger partial charge in [-0.25, -0.2) is 9.36 Å². The first-order valence-electron chi connectivity index (χ1n) is 6.02. The van der Waals surface area contributed by atoms with Gasteiger partial charge in [-0.2, -0.15) is 5.10 Å². The van der Waals surface area contributed by atoms with Crippen molar-refractivity contribution in [2.24, 2.45) is 0 Å². The fourth-order valence-corrected chi connectivity index (χ4v) is 2.17. The van der Waals surface area contributed by atoms with Crippen LogP contribution in [0.25, 0.3) is 5.69 Å². The van der Waals surface area contributed by atoms with Crippen LogP contribution in [0, 0.1) is 0 Å². The van der Waals surface area contributed by atoms with Crippen molar-refractivity contribution in [3.63, 3.8) is 0 Å². The monoisotopic (exact) mass is 347 g/mol. The number of benzene rings is 1. The molecule has 1 N–H and O–H groups in total. The van der Waals surface area contributed by atoms with Crippen LogP contribution in [-0.2, 0) is 11.3 Å². The number of amides is 1. The molecule has 9 heteroatoms. The lowest BCUT2D eigenvalue weighted by atomic mass is 10.2. The zero-order valence-corrected chi connectivity index (χ0v) is 12.3. The van der Waals surface area contributed by atoms with Crippen molar-refractivity contribution < 1.29 is 4.79 Å². The standard InChI is InChI=1S/C12H10BrN7O/c13-9-2-3-11(20-5-1-4-15-20)10(6-9)16-12(21)7-19-8-14-17-18-19/h1-6,8H,7H2,(H,16,21). The van der Waals surface area contributed by atoms with Crippen molar-refractivity contribution in [1.29, 1.82) is 0 Å². The second-order valence-electron chi connectivity index (χ2n) is 4.17. The number of tetrazole rings is 1. The average Bonchev–Trinajstić information content (AvgIpc) is 3.11. The van der Waals surface area contributed by atoms with Crippen molar-refractivity contribution in [3.05, 3.63) is 47.5 Å². The van der Waals surface area contributed by atoms with E-state index in [1.807, 2.05) is 24.3 Å². The summed E-state index contributed by atoms with van der Waals surface area (Å²) < 4.78 is 3.89. The number of aromatic nitrogens is 6. The fourth-order valence-electron chi connectivity index (χ4n) is 1.81. The third-order valence-electron chi connectivity index (χ3n) is 2.68. The summed E-state index contributed by atoms with van der Waals surface area (Å²) in [6.07, 6.45) is 4.86. The molecule has 0 unspecified atom stereocenters. The molecule has 0 spiro atoms. The minimum atomic E-state index is -0.228. The van der Waals surface area contributed by atoms with Crippen LogP contribution in [-0.4, -0.2) is 35.9 Å². The Balaban J connectivity index is 1.84. The summed E-state index contributed by atoms with van der Waals surface area (Å²) in [6.45, 7) is 0.0397. The smallest absolute Gasteiger partial charge is 0.246 e. The van der Waals surface area contributed by atoms with Crippen LogP contribution < -0.4 is 5.32 Å². The van der Waals surface area contributed by atoms with E-state index in [0.29, 0.717) is 5.69 Å². The summed E-state index contributed by atoms with van der Waals surface area (Å²) >= 11 is 3.39. The van der Waals surface area contributed by atoms with E-state index >= 15 is 0 Å². The highest BCUT2D eigenvalue weighted by Gasteiger charge is 2.10. The predicted molar refractivity (Wildman–Crippen MR) is 77.7 cm³/mol. The van der Waals surface area contributed by atoms with Gasteiger partial charge >= 0.3 is 0 Å². The molecule has 0 aliphatic heterocycles. The highest BCUT2D eigenvalue weighted by Crippen LogP contribution is 2.24. The number of nitrogens with zero attached hydrogens (tertiary/aromatic N) is 6. The highest BCUT2D eigenvalue weighted by molar-refractivity contribution is 9.10. The summed E-state index contributed by atoms with van der Waals surface area (Å²) in [4.78, 5) is 12.0. The third kappa shape index (κ3) is 3.14. The van der Waals surface area contributed by atoms with E-state index in [9.17, 15) is 4.79 Å². The van der Waals surface area contributed by atoms with Crippen LogP contribution in [0.15, 0.2) is 47.5 Å². The van der Waals surface area contributed by atoms with Gasteiger partial charge in [0.1, 0.15) is 12.9 Å². The Kier molecular flexibility index (Phi) is 3.73. The number of halogens is 1. The van der Waals surface area contributed by atoms with E-state index in [0.717, 1.165) is 10.2 Å². The Labute approximate surface area is 127 Å². The Morgan fingerprint density at radius 2 is 2.29 bits per heavy atom. The lowest BCUT2D eigenvalue weighted by molar-refractivity contribution is -0.116. The zero-order valence-electron chi connectivity index (χ0n) is 10.7. The first-order chi connectivity index (χ1) is 10.2. The van der Waals surface area contributed by atoms with Crippen LogP contribution in [0.5, 0.6) is 0 Å². The van der Waals surface area contributed by atoms with Crippen molar-refractivity contribution in [2.45, 2.75) is 6.54 Å². The van der Waals surface area contributed by atoms with E-state index in [-0.39, 0.29) is 12.5 Å². The van der Waals surface area contributed by atoms with E-state index < -0.39 is 0 Å². The maximum atomic E-state index is 12.0. The molecule has 3 rings (SSSR count). The molecule has 3 aromatic rings. The molecular formula is C12H10BrN7O. The van der Waals surface area contributed by atoms with Gasteiger partial charge < -0.3 is 5.32 Å². The number of carbonyl (C=O) groups excluding carboxylic acids is 1. The second kappa shape index (κ2) is 5.83. The molecule has 1 amide bonds. The van der Waals surface area contributed by atoms with E-state index in [2.05, 4.69) is 41.9 Å². The quantitative estimate of drug-likeness (QED) is 0.767. The molecule has 0 saturated heterocycles. The molecule has 2 aromatic heterocycles. The number of anilines is 1. The van der Waals surface area contributed by atoms with Gasteiger partial charge in [0.15, 0.2) is 0 Å². The van der Waals surface area contributed by atoms with Gasteiger partial charge in [-0.15, -0.1) is 5.10 Å². The van der Waals surface area contributed by atoms with E-state index in [1.165, 1.54) is 11.0 Å². The summed E-state index contributed by atoms with van der Waals surface area (Å²) in [5, 5.41) is 17.6. The van der Waals surface area contributed by atoms with Crippen LogP contribution in [0.2, 0.25) is 0 Å². The van der Waals surface area contributed by atoms with Gasteiger partial charge in [0.25, 0.3) is 0 Å². The highest BCUT2D eigenvalue weighted by atomic mass is 79.9. The van der Waals surface area contributed by atoms with Crippen LogP contribution in [0.1, 0.15) is 0 Å². The lowest BCUT2D eigenvalue weighted by Gasteiger charge is -2.11. The molecule has 0 bridgehead atoms. The third-order valence-corrected chi connectivity index (χ3v) is 3.17. The average molecular weight is 348 g/mol. The van der Waals surface area contributed by atoms with Gasteiger partial charge in [-0.3, -0.25) is 4.79 Å². The Hall–Kier alpha value is -2.55. The molecule has 21 heavy (non-hydrogen) atoms. The minimum Gasteiger partial charge on any atom is -0.323 e. The van der Waals surface area contributed by atoms with E-state index in [1.54, 1.807) is 17.1 Å². The summed E-state index contributed by atoms with van der Waals surface area (Å²) in [5.74, 6) is -0.228. The van der Waals surface area contributed by atoms with Crippen molar-refractivity contribution in [3.8, 4) is 5.69 Å². The molecule has 0 saturated carbocycles. The number of nitrogens with one attached hydrogen (secondary N) is 1. The Morgan fingerprint density at radius 1 is 1.38 bits per heavy atom.